The molecule has 1 saturated carbocycles. The molecule has 0 unspecified atom stereocenters. The maximum atomic E-state index is 12.8. The van der Waals surface area contributed by atoms with Gasteiger partial charge in [-0.05, 0) is 30.9 Å². The highest BCUT2D eigenvalue weighted by atomic mass is 35.5. The summed E-state index contributed by atoms with van der Waals surface area (Å²) in [5.41, 5.74) is 6.44. The van der Waals surface area contributed by atoms with Gasteiger partial charge in [-0.1, -0.05) is 43.2 Å². The molecule has 7 nitrogen and oxygen atoms in total. The van der Waals surface area contributed by atoms with Crippen LogP contribution in [0.1, 0.15) is 43.6 Å². The molecule has 0 aromatic heterocycles. The van der Waals surface area contributed by atoms with E-state index in [4.69, 9.17) is 5.73 Å². The van der Waals surface area contributed by atoms with E-state index in [0.717, 1.165) is 12.8 Å². The van der Waals surface area contributed by atoms with E-state index in [2.05, 4.69) is 17.4 Å². The lowest BCUT2D eigenvalue weighted by atomic mass is 9.89. The third-order valence-corrected chi connectivity index (χ3v) is 6.58. The number of rotatable bonds is 5. The maximum absolute atomic E-state index is 12.8. The molecule has 1 aromatic rings. The molecule has 2 atom stereocenters. The fraction of sp³-hybridized carbons (Fsp3) is 0.571. The molecule has 3 aliphatic rings. The molecular weight excluding hydrogens is 392 g/mol. The molecule has 3 fully saturated rings. The minimum absolute atomic E-state index is 0. The Labute approximate surface area is 177 Å². The van der Waals surface area contributed by atoms with Gasteiger partial charge < -0.3 is 16.0 Å². The Hall–Kier alpha value is -2.12. The van der Waals surface area contributed by atoms with Gasteiger partial charge in [0.05, 0.1) is 0 Å². The van der Waals surface area contributed by atoms with Gasteiger partial charge in [0.1, 0.15) is 5.54 Å². The lowest BCUT2D eigenvalue weighted by Gasteiger charge is -2.21. The lowest BCUT2D eigenvalue weighted by Crippen LogP contribution is -2.44. The second-order valence-electron chi connectivity index (χ2n) is 8.24. The number of amides is 4. The first-order chi connectivity index (χ1) is 13.5. The quantitative estimate of drug-likeness (QED) is 0.710. The van der Waals surface area contributed by atoms with Crippen LogP contribution in [0.3, 0.4) is 0 Å². The van der Waals surface area contributed by atoms with Crippen molar-refractivity contribution in [3.63, 3.8) is 0 Å². The zero-order valence-electron chi connectivity index (χ0n) is 16.5. The highest BCUT2D eigenvalue weighted by Crippen LogP contribution is 2.35. The predicted molar refractivity (Wildman–Crippen MR) is 112 cm³/mol. The van der Waals surface area contributed by atoms with Crippen molar-refractivity contribution in [2.45, 2.75) is 43.6 Å². The molecule has 3 N–H and O–H groups in total. The number of likely N-dealkylation sites (tertiary alicyclic amines) is 1. The predicted octanol–water partition coefficient (Wildman–Crippen LogP) is 1.86. The van der Waals surface area contributed by atoms with Crippen LogP contribution in [0.15, 0.2) is 30.3 Å². The van der Waals surface area contributed by atoms with Crippen LogP contribution >= 0.6 is 12.4 Å². The molecule has 0 radical (unpaired) electrons. The number of nitrogens with one attached hydrogen (secondary N) is 1. The number of nitrogens with zero attached hydrogens (tertiary/aromatic N) is 2. The zero-order chi connectivity index (χ0) is 19.7. The second kappa shape index (κ2) is 8.71. The van der Waals surface area contributed by atoms with Gasteiger partial charge in [0.25, 0.3) is 5.91 Å². The topological polar surface area (TPSA) is 95.7 Å². The number of hydrogen-bond acceptors (Lipinski definition) is 4. The van der Waals surface area contributed by atoms with Crippen LogP contribution in [0.5, 0.6) is 0 Å². The van der Waals surface area contributed by atoms with Gasteiger partial charge in [-0.2, -0.15) is 0 Å². The fourth-order valence-corrected chi connectivity index (χ4v) is 4.95. The Balaban J connectivity index is 0.00000240. The summed E-state index contributed by atoms with van der Waals surface area (Å²) in [7, 11) is 0. The van der Waals surface area contributed by atoms with E-state index in [1.807, 2.05) is 23.1 Å². The molecule has 4 amide bonds. The lowest BCUT2D eigenvalue weighted by molar-refractivity contribution is -0.133. The smallest absolute Gasteiger partial charge is 0.325 e. The number of benzene rings is 1. The first-order valence-electron chi connectivity index (χ1n) is 10.2. The highest BCUT2D eigenvalue weighted by molar-refractivity contribution is 6.07. The molecule has 1 aromatic carbocycles. The van der Waals surface area contributed by atoms with Crippen LogP contribution in [0.25, 0.3) is 0 Å². The average molecular weight is 421 g/mol. The van der Waals surface area contributed by atoms with Crippen molar-refractivity contribution in [1.29, 1.82) is 0 Å². The number of imide groups is 1. The van der Waals surface area contributed by atoms with E-state index in [1.54, 1.807) is 0 Å². The van der Waals surface area contributed by atoms with E-state index in [9.17, 15) is 14.4 Å². The number of carbonyl (C=O) groups is 3. The van der Waals surface area contributed by atoms with E-state index in [1.165, 1.54) is 10.5 Å². The van der Waals surface area contributed by atoms with Crippen LogP contribution < -0.4 is 11.1 Å². The minimum atomic E-state index is -0.711. The van der Waals surface area contributed by atoms with Crippen molar-refractivity contribution in [1.82, 2.24) is 15.1 Å². The number of halogens is 1. The van der Waals surface area contributed by atoms with Gasteiger partial charge in [0.15, 0.2) is 0 Å². The van der Waals surface area contributed by atoms with Gasteiger partial charge in [-0.3, -0.25) is 14.5 Å². The largest absolute Gasteiger partial charge is 0.342 e. The number of urea groups is 1. The summed E-state index contributed by atoms with van der Waals surface area (Å²) in [6.45, 7) is 1.93. The molecule has 4 rings (SSSR count). The summed E-state index contributed by atoms with van der Waals surface area (Å²) in [5.74, 6) is 0.273. The fourth-order valence-electron chi connectivity index (χ4n) is 4.95. The number of carbonyl (C=O) groups excluding carboxylic acids is 3. The molecular formula is C21H29ClN4O3. The van der Waals surface area contributed by atoms with Gasteiger partial charge in [0.2, 0.25) is 5.91 Å². The van der Waals surface area contributed by atoms with E-state index in [-0.39, 0.29) is 55.1 Å². The third kappa shape index (κ3) is 3.98. The standard InChI is InChI=1S/C21H28N4O3.ClH/c22-12-16-13-24(14-17(16)15-6-2-1-3-7-15)18(26)8-11-25-19(27)21(23-20(25)28)9-4-5-10-21;/h1-3,6-7,16-17H,4-5,8-14,22H2,(H,23,28);1H/t16-,17+;/m1./s1. The second-order valence-corrected chi connectivity index (χ2v) is 8.24. The molecule has 8 heteroatoms. The number of hydrogen-bond donors (Lipinski definition) is 2. The van der Waals surface area contributed by atoms with E-state index in [0.29, 0.717) is 32.5 Å². The minimum Gasteiger partial charge on any atom is -0.342 e. The summed E-state index contributed by atoms with van der Waals surface area (Å²) in [4.78, 5) is 40.8. The van der Waals surface area contributed by atoms with Crippen LogP contribution in [-0.2, 0) is 9.59 Å². The SMILES string of the molecule is Cl.NC[C@@H]1CN(C(=O)CCN2C(=O)NC3(CCCC3)C2=O)C[C@H]1c1ccccc1. The van der Waals surface area contributed by atoms with Crippen LogP contribution in [0, 0.1) is 5.92 Å². The molecule has 2 saturated heterocycles. The zero-order valence-corrected chi connectivity index (χ0v) is 17.3. The highest BCUT2D eigenvalue weighted by Gasteiger charge is 2.52. The van der Waals surface area contributed by atoms with Crippen molar-refractivity contribution in [3.8, 4) is 0 Å². The molecule has 0 bridgehead atoms. The molecule has 1 spiro atoms. The summed E-state index contributed by atoms with van der Waals surface area (Å²) >= 11 is 0. The first kappa shape index (κ1) is 21.6. The van der Waals surface area contributed by atoms with Crippen molar-refractivity contribution in [2.75, 3.05) is 26.2 Å². The molecule has 158 valence electrons. The Bertz CT molecular complexity index is 766. The van der Waals surface area contributed by atoms with Crippen molar-refractivity contribution in [3.05, 3.63) is 35.9 Å². The monoisotopic (exact) mass is 420 g/mol. The van der Waals surface area contributed by atoms with Crippen molar-refractivity contribution < 1.29 is 14.4 Å². The maximum Gasteiger partial charge on any atom is 0.325 e. The van der Waals surface area contributed by atoms with Crippen LogP contribution in [-0.4, -0.2) is 59.4 Å². The Kier molecular flexibility index (Phi) is 6.49. The molecule has 2 aliphatic heterocycles. The van der Waals surface area contributed by atoms with Crippen LogP contribution in [0.2, 0.25) is 0 Å². The van der Waals surface area contributed by atoms with Gasteiger partial charge >= 0.3 is 6.03 Å². The third-order valence-electron chi connectivity index (χ3n) is 6.58. The normalized spacial score (nSPS) is 25.4. The van der Waals surface area contributed by atoms with E-state index < -0.39 is 5.54 Å². The van der Waals surface area contributed by atoms with Crippen LogP contribution in [0.4, 0.5) is 4.79 Å². The number of nitrogens with two attached hydrogens (primary N) is 1. The van der Waals surface area contributed by atoms with E-state index >= 15 is 0 Å². The summed E-state index contributed by atoms with van der Waals surface area (Å²) in [5, 5.41) is 2.86. The molecule has 29 heavy (non-hydrogen) atoms. The summed E-state index contributed by atoms with van der Waals surface area (Å²) < 4.78 is 0. The average Bonchev–Trinajstić information content (AvgIpc) is 3.41. The van der Waals surface area contributed by atoms with Crippen molar-refractivity contribution >= 4 is 30.3 Å². The Morgan fingerprint density at radius 1 is 1.14 bits per heavy atom. The van der Waals surface area contributed by atoms with Crippen molar-refractivity contribution in [2.24, 2.45) is 11.7 Å². The summed E-state index contributed by atoms with van der Waals surface area (Å²) in [6.07, 6.45) is 3.46. The molecule has 2 heterocycles. The van der Waals surface area contributed by atoms with Gasteiger partial charge in [-0.15, -0.1) is 12.4 Å². The first-order valence-corrected chi connectivity index (χ1v) is 10.2. The Morgan fingerprint density at radius 3 is 2.48 bits per heavy atom. The molecule has 1 aliphatic carbocycles. The van der Waals surface area contributed by atoms with Gasteiger partial charge in [0, 0.05) is 32.0 Å². The van der Waals surface area contributed by atoms with Gasteiger partial charge in [-0.25, -0.2) is 4.79 Å². The summed E-state index contributed by atoms with van der Waals surface area (Å²) in [6, 6.07) is 9.79. The Morgan fingerprint density at radius 2 is 1.83 bits per heavy atom.